The van der Waals surface area contributed by atoms with Crippen molar-refractivity contribution in [3.8, 4) is 11.5 Å². The Morgan fingerprint density at radius 2 is 1.56 bits per heavy atom. The molecule has 0 amide bonds. The van der Waals surface area contributed by atoms with Gasteiger partial charge in [-0.05, 0) is 42.0 Å². The summed E-state index contributed by atoms with van der Waals surface area (Å²) in [6.45, 7) is 0. The lowest BCUT2D eigenvalue weighted by atomic mass is 10.1. The Hall–Kier alpha value is -2.24. The molecule has 0 saturated carbocycles. The number of rotatable bonds is 6. The topological polar surface area (TPSA) is 83.8 Å². The van der Waals surface area contributed by atoms with Crippen LogP contribution in [-0.4, -0.2) is 15.3 Å². The fourth-order valence-electron chi connectivity index (χ4n) is 2.23. The first-order valence-corrected chi connectivity index (χ1v) is 9.86. The van der Waals surface area contributed by atoms with Gasteiger partial charge in [0, 0.05) is 11.3 Å². The third-order valence-electron chi connectivity index (χ3n) is 3.42. The van der Waals surface area contributed by atoms with Crippen molar-refractivity contribution >= 4 is 24.5 Å². The van der Waals surface area contributed by atoms with Gasteiger partial charge in [-0.25, -0.2) is 0 Å². The second-order valence-corrected chi connectivity index (χ2v) is 8.01. The van der Waals surface area contributed by atoms with Crippen molar-refractivity contribution in [3.05, 3.63) is 82.0 Å². The van der Waals surface area contributed by atoms with Crippen LogP contribution >= 0.6 is 18.9 Å². The summed E-state index contributed by atoms with van der Waals surface area (Å²) in [5, 5.41) is 0. The molecule has 0 aliphatic rings. The molecular formula is C18H15O5PS. The zero-order valence-electron chi connectivity index (χ0n) is 13.0. The molecule has 7 heteroatoms. The van der Waals surface area contributed by atoms with Crippen LogP contribution in [0.3, 0.4) is 0 Å². The highest BCUT2D eigenvalue weighted by Gasteiger charge is 2.28. The van der Waals surface area contributed by atoms with E-state index in [4.69, 9.17) is 14.5 Å². The van der Waals surface area contributed by atoms with Gasteiger partial charge in [-0.1, -0.05) is 30.3 Å². The molecule has 0 aliphatic carbocycles. The highest BCUT2D eigenvalue weighted by molar-refractivity contribution is 7.71. The number of carbonyl (C=O) groups excluding carboxylic acids is 1. The highest BCUT2D eigenvalue weighted by Crippen LogP contribution is 2.41. The SMILES string of the molecule is O=C(c1ccc(Cc2ccc(Oc3ccccc3)cc2)s1)P(=O)(O)O. The Balaban J connectivity index is 1.67. The molecule has 0 unspecified atom stereocenters. The predicted molar refractivity (Wildman–Crippen MR) is 96.5 cm³/mol. The van der Waals surface area contributed by atoms with Crippen molar-refractivity contribution in [1.82, 2.24) is 0 Å². The molecule has 2 aromatic carbocycles. The minimum absolute atomic E-state index is 0.0763. The number of para-hydroxylation sites is 1. The lowest BCUT2D eigenvalue weighted by Gasteiger charge is -2.06. The van der Waals surface area contributed by atoms with E-state index in [-0.39, 0.29) is 4.88 Å². The Kier molecular flexibility index (Phi) is 5.16. The second-order valence-electron chi connectivity index (χ2n) is 5.35. The number of benzene rings is 2. The van der Waals surface area contributed by atoms with Gasteiger partial charge < -0.3 is 14.5 Å². The summed E-state index contributed by atoms with van der Waals surface area (Å²) in [4.78, 5) is 30.4. The van der Waals surface area contributed by atoms with Crippen molar-refractivity contribution < 1.29 is 23.9 Å². The average Bonchev–Trinajstić information content (AvgIpc) is 3.04. The van der Waals surface area contributed by atoms with E-state index in [1.165, 1.54) is 6.07 Å². The minimum Gasteiger partial charge on any atom is -0.457 e. The van der Waals surface area contributed by atoms with E-state index in [1.54, 1.807) is 6.07 Å². The molecular weight excluding hydrogens is 359 g/mol. The van der Waals surface area contributed by atoms with Gasteiger partial charge in [-0.3, -0.25) is 9.36 Å². The van der Waals surface area contributed by atoms with Gasteiger partial charge in [0.1, 0.15) is 11.5 Å². The third-order valence-corrected chi connectivity index (χ3v) is 5.42. The van der Waals surface area contributed by atoms with E-state index >= 15 is 0 Å². The Morgan fingerprint density at radius 1 is 0.920 bits per heavy atom. The number of ether oxygens (including phenoxy) is 1. The summed E-state index contributed by atoms with van der Waals surface area (Å²) in [5.41, 5.74) is -0.118. The molecule has 0 bridgehead atoms. The van der Waals surface area contributed by atoms with Crippen molar-refractivity contribution in [1.29, 1.82) is 0 Å². The summed E-state index contributed by atoms with van der Waals surface area (Å²) < 4.78 is 16.8. The first kappa shape index (κ1) is 17.6. The van der Waals surface area contributed by atoms with Gasteiger partial charge >= 0.3 is 7.60 Å². The molecule has 3 aromatic rings. The average molecular weight is 374 g/mol. The molecule has 1 aromatic heterocycles. The molecule has 0 spiro atoms. The van der Waals surface area contributed by atoms with Crippen molar-refractivity contribution in [3.63, 3.8) is 0 Å². The van der Waals surface area contributed by atoms with Crippen LogP contribution < -0.4 is 4.74 Å². The fourth-order valence-corrected chi connectivity index (χ4v) is 3.97. The van der Waals surface area contributed by atoms with Gasteiger partial charge in [0.2, 0.25) is 0 Å². The normalized spacial score (nSPS) is 11.3. The van der Waals surface area contributed by atoms with Crippen molar-refractivity contribution in [2.45, 2.75) is 6.42 Å². The molecule has 3 rings (SSSR count). The Bertz CT molecular complexity index is 912. The van der Waals surface area contributed by atoms with Crippen LogP contribution in [0.15, 0.2) is 66.7 Å². The zero-order chi connectivity index (χ0) is 17.9. The highest BCUT2D eigenvalue weighted by atomic mass is 32.1. The Morgan fingerprint density at radius 3 is 2.20 bits per heavy atom. The van der Waals surface area contributed by atoms with Crippen LogP contribution in [-0.2, 0) is 11.0 Å². The van der Waals surface area contributed by atoms with Gasteiger partial charge in [0.05, 0.1) is 4.88 Å². The summed E-state index contributed by atoms with van der Waals surface area (Å²) in [6, 6.07) is 20.2. The lowest BCUT2D eigenvalue weighted by molar-refractivity contribution is 0.104. The lowest BCUT2D eigenvalue weighted by Crippen LogP contribution is -1.96. The molecule has 0 saturated heterocycles. The summed E-state index contributed by atoms with van der Waals surface area (Å²) in [5.74, 6) is 1.48. The van der Waals surface area contributed by atoms with E-state index in [2.05, 4.69) is 0 Å². The van der Waals surface area contributed by atoms with E-state index in [0.717, 1.165) is 33.3 Å². The van der Waals surface area contributed by atoms with Gasteiger partial charge in [0.25, 0.3) is 5.52 Å². The molecule has 2 N–H and O–H groups in total. The van der Waals surface area contributed by atoms with E-state index < -0.39 is 13.1 Å². The number of thiophene rings is 1. The second kappa shape index (κ2) is 7.33. The first-order chi connectivity index (χ1) is 11.9. The smallest absolute Gasteiger partial charge is 0.397 e. The minimum atomic E-state index is -4.73. The van der Waals surface area contributed by atoms with Gasteiger partial charge in [0.15, 0.2) is 0 Å². The van der Waals surface area contributed by atoms with Gasteiger partial charge in [-0.15, -0.1) is 11.3 Å². The van der Waals surface area contributed by atoms with Crippen LogP contribution in [0.2, 0.25) is 0 Å². The van der Waals surface area contributed by atoms with Crippen LogP contribution in [0.25, 0.3) is 0 Å². The van der Waals surface area contributed by atoms with E-state index in [9.17, 15) is 9.36 Å². The molecule has 0 aliphatic heterocycles. The number of carbonyl (C=O) groups is 1. The van der Waals surface area contributed by atoms with Crippen molar-refractivity contribution in [2.75, 3.05) is 0 Å². The fraction of sp³-hybridized carbons (Fsp3) is 0.0556. The molecule has 0 radical (unpaired) electrons. The monoisotopic (exact) mass is 374 g/mol. The first-order valence-electron chi connectivity index (χ1n) is 7.43. The molecule has 5 nitrogen and oxygen atoms in total. The van der Waals surface area contributed by atoms with E-state index in [0.29, 0.717) is 6.42 Å². The Labute approximate surface area is 148 Å². The summed E-state index contributed by atoms with van der Waals surface area (Å²) in [7, 11) is -4.73. The van der Waals surface area contributed by atoms with Crippen LogP contribution in [0.4, 0.5) is 0 Å². The van der Waals surface area contributed by atoms with Crippen LogP contribution in [0, 0.1) is 0 Å². The number of hydrogen-bond donors (Lipinski definition) is 2. The maximum atomic E-state index is 11.6. The molecule has 0 fully saturated rings. The molecule has 25 heavy (non-hydrogen) atoms. The zero-order valence-corrected chi connectivity index (χ0v) is 14.7. The quantitative estimate of drug-likeness (QED) is 0.623. The van der Waals surface area contributed by atoms with Crippen molar-refractivity contribution in [2.24, 2.45) is 0 Å². The summed E-state index contributed by atoms with van der Waals surface area (Å²) in [6.07, 6.45) is 0.574. The molecule has 1 heterocycles. The van der Waals surface area contributed by atoms with E-state index in [1.807, 2.05) is 54.6 Å². The summed E-state index contributed by atoms with van der Waals surface area (Å²) >= 11 is 1.10. The largest absolute Gasteiger partial charge is 0.457 e. The third kappa shape index (κ3) is 4.65. The van der Waals surface area contributed by atoms with Crippen LogP contribution in [0.5, 0.6) is 11.5 Å². The molecule has 0 atom stereocenters. The maximum Gasteiger partial charge on any atom is 0.397 e. The standard InChI is InChI=1S/C18H15O5PS/c19-18(24(20,21)22)17-11-10-16(25-17)12-13-6-8-15(9-7-13)23-14-4-2-1-3-5-14/h1-11H,12H2,(H2,20,21,22). The predicted octanol–water partition coefficient (Wildman–Crippen LogP) is 4.45. The number of hydrogen-bond acceptors (Lipinski definition) is 4. The van der Waals surface area contributed by atoms with Crippen LogP contribution in [0.1, 0.15) is 20.1 Å². The maximum absolute atomic E-state index is 11.6. The molecule has 128 valence electrons. The van der Waals surface area contributed by atoms with Gasteiger partial charge in [-0.2, -0.15) is 0 Å².